The fraction of sp³-hybridized carbons (Fsp3) is 0.562. The lowest BCUT2D eigenvalue weighted by Crippen LogP contribution is -2.40. The second-order valence-electron chi connectivity index (χ2n) is 5.22. The van der Waals surface area contributed by atoms with E-state index in [1.807, 2.05) is 26.0 Å². The van der Waals surface area contributed by atoms with Crippen LogP contribution in [0.15, 0.2) is 29.2 Å². The second kappa shape index (κ2) is 8.29. The number of benzene rings is 1. The van der Waals surface area contributed by atoms with Crippen LogP contribution in [0.4, 0.5) is 0 Å². The Kier molecular flexibility index (Phi) is 7.03. The highest BCUT2D eigenvalue weighted by Gasteiger charge is 2.24. The molecule has 0 radical (unpaired) electrons. The SMILES string of the molecule is CCCc1ccc(S(=O)(=O)N(C)CC(=O)N(CC)CC)cc1. The maximum Gasteiger partial charge on any atom is 0.243 e. The molecule has 22 heavy (non-hydrogen) atoms. The average molecular weight is 326 g/mol. The van der Waals surface area contributed by atoms with Gasteiger partial charge in [0.2, 0.25) is 15.9 Å². The van der Waals surface area contributed by atoms with Gasteiger partial charge in [-0.2, -0.15) is 4.31 Å². The van der Waals surface area contributed by atoms with Crippen molar-refractivity contribution in [2.45, 2.75) is 38.5 Å². The number of carbonyl (C=O) groups excluding carboxylic acids is 1. The zero-order valence-corrected chi connectivity index (χ0v) is 14.7. The molecule has 0 aromatic heterocycles. The first kappa shape index (κ1) is 18.6. The zero-order chi connectivity index (χ0) is 16.8. The topological polar surface area (TPSA) is 57.7 Å². The zero-order valence-electron chi connectivity index (χ0n) is 13.9. The van der Waals surface area contributed by atoms with Gasteiger partial charge < -0.3 is 4.90 Å². The van der Waals surface area contributed by atoms with Crippen LogP contribution in [0.2, 0.25) is 0 Å². The number of amides is 1. The van der Waals surface area contributed by atoms with Crippen molar-refractivity contribution in [3.63, 3.8) is 0 Å². The van der Waals surface area contributed by atoms with Gasteiger partial charge in [0, 0.05) is 20.1 Å². The van der Waals surface area contributed by atoms with Gasteiger partial charge in [-0.15, -0.1) is 0 Å². The van der Waals surface area contributed by atoms with Gasteiger partial charge in [0.25, 0.3) is 0 Å². The smallest absolute Gasteiger partial charge is 0.243 e. The van der Waals surface area contributed by atoms with Crippen LogP contribution < -0.4 is 0 Å². The van der Waals surface area contributed by atoms with Crippen molar-refractivity contribution >= 4 is 15.9 Å². The number of aryl methyl sites for hydroxylation is 1. The summed E-state index contributed by atoms with van der Waals surface area (Å²) in [6.45, 7) is 6.85. The first-order chi connectivity index (χ1) is 10.4. The van der Waals surface area contributed by atoms with Crippen LogP contribution in [-0.4, -0.2) is 50.2 Å². The molecular formula is C16H26N2O3S. The summed E-state index contributed by atoms with van der Waals surface area (Å²) >= 11 is 0. The van der Waals surface area contributed by atoms with Crippen LogP contribution in [0.1, 0.15) is 32.8 Å². The predicted molar refractivity (Wildman–Crippen MR) is 88.2 cm³/mol. The molecule has 0 aliphatic carbocycles. The molecule has 124 valence electrons. The maximum atomic E-state index is 12.5. The van der Waals surface area contributed by atoms with E-state index in [-0.39, 0.29) is 17.3 Å². The van der Waals surface area contributed by atoms with Gasteiger partial charge in [-0.25, -0.2) is 8.42 Å². The monoisotopic (exact) mass is 326 g/mol. The molecule has 0 bridgehead atoms. The van der Waals surface area contributed by atoms with E-state index in [1.165, 1.54) is 7.05 Å². The highest BCUT2D eigenvalue weighted by molar-refractivity contribution is 7.89. The van der Waals surface area contributed by atoms with Crippen LogP contribution in [0.3, 0.4) is 0 Å². The standard InChI is InChI=1S/C16H26N2O3S/c1-5-8-14-9-11-15(12-10-14)22(20,21)17(4)13-16(19)18(6-2)7-3/h9-12H,5-8,13H2,1-4H3. The number of rotatable bonds is 8. The Morgan fingerprint density at radius 3 is 2.05 bits per heavy atom. The quantitative estimate of drug-likeness (QED) is 0.735. The van der Waals surface area contributed by atoms with Crippen molar-refractivity contribution < 1.29 is 13.2 Å². The summed E-state index contributed by atoms with van der Waals surface area (Å²) in [4.78, 5) is 13.9. The Labute approximate surface area is 134 Å². The maximum absolute atomic E-state index is 12.5. The van der Waals surface area contributed by atoms with Gasteiger partial charge in [-0.1, -0.05) is 25.5 Å². The Morgan fingerprint density at radius 2 is 1.59 bits per heavy atom. The first-order valence-electron chi connectivity index (χ1n) is 7.69. The van der Waals surface area contributed by atoms with E-state index in [1.54, 1.807) is 17.0 Å². The van der Waals surface area contributed by atoms with Crippen molar-refractivity contribution in [2.24, 2.45) is 0 Å². The van der Waals surface area contributed by atoms with Crippen LogP contribution in [0.25, 0.3) is 0 Å². The summed E-state index contributed by atoms with van der Waals surface area (Å²) in [5, 5.41) is 0. The Morgan fingerprint density at radius 1 is 1.05 bits per heavy atom. The summed E-state index contributed by atoms with van der Waals surface area (Å²) in [6.07, 6.45) is 1.95. The number of carbonyl (C=O) groups is 1. The van der Waals surface area contributed by atoms with E-state index < -0.39 is 10.0 Å². The van der Waals surface area contributed by atoms with Gasteiger partial charge >= 0.3 is 0 Å². The van der Waals surface area contributed by atoms with E-state index in [2.05, 4.69) is 6.92 Å². The number of hydrogen-bond donors (Lipinski definition) is 0. The van der Waals surface area contributed by atoms with E-state index >= 15 is 0 Å². The lowest BCUT2D eigenvalue weighted by molar-refractivity contribution is -0.130. The van der Waals surface area contributed by atoms with Crippen LogP contribution in [0, 0.1) is 0 Å². The van der Waals surface area contributed by atoms with E-state index in [0.29, 0.717) is 13.1 Å². The van der Waals surface area contributed by atoms with Crippen molar-refractivity contribution in [3.8, 4) is 0 Å². The Bertz CT molecular complexity index is 578. The molecule has 0 aliphatic heterocycles. The third kappa shape index (κ3) is 4.55. The highest BCUT2D eigenvalue weighted by Crippen LogP contribution is 2.16. The van der Waals surface area contributed by atoms with Gasteiger partial charge in [0.15, 0.2) is 0 Å². The first-order valence-corrected chi connectivity index (χ1v) is 9.13. The molecule has 0 saturated carbocycles. The molecule has 1 aromatic rings. The minimum Gasteiger partial charge on any atom is -0.342 e. The molecule has 0 unspecified atom stereocenters. The number of sulfonamides is 1. The predicted octanol–water partition coefficient (Wildman–Crippen LogP) is 2.13. The van der Waals surface area contributed by atoms with Crippen molar-refractivity contribution in [1.82, 2.24) is 9.21 Å². The molecule has 0 spiro atoms. The largest absolute Gasteiger partial charge is 0.342 e. The molecule has 0 fully saturated rings. The molecule has 0 N–H and O–H groups in total. The molecule has 0 heterocycles. The molecule has 0 aliphatic rings. The molecule has 0 saturated heterocycles. The third-order valence-electron chi connectivity index (χ3n) is 3.64. The molecular weight excluding hydrogens is 300 g/mol. The lowest BCUT2D eigenvalue weighted by Gasteiger charge is -2.23. The van der Waals surface area contributed by atoms with Crippen molar-refractivity contribution in [2.75, 3.05) is 26.7 Å². The molecule has 0 atom stereocenters. The normalized spacial score (nSPS) is 11.7. The Balaban J connectivity index is 2.86. The van der Waals surface area contributed by atoms with Crippen LogP contribution >= 0.6 is 0 Å². The number of hydrogen-bond acceptors (Lipinski definition) is 3. The molecule has 1 amide bonds. The van der Waals surface area contributed by atoms with E-state index in [9.17, 15) is 13.2 Å². The number of nitrogens with zero attached hydrogens (tertiary/aromatic N) is 2. The highest BCUT2D eigenvalue weighted by atomic mass is 32.2. The van der Waals surface area contributed by atoms with Gasteiger partial charge in [0.1, 0.15) is 0 Å². The van der Waals surface area contributed by atoms with Gasteiger partial charge in [-0.3, -0.25) is 4.79 Å². The van der Waals surface area contributed by atoms with Gasteiger partial charge in [-0.05, 0) is 38.0 Å². The minimum atomic E-state index is -3.63. The fourth-order valence-corrected chi connectivity index (χ4v) is 3.37. The van der Waals surface area contributed by atoms with Crippen LogP contribution in [0.5, 0.6) is 0 Å². The molecule has 1 aromatic carbocycles. The summed E-state index contributed by atoms with van der Waals surface area (Å²) in [6, 6.07) is 6.88. The number of likely N-dealkylation sites (N-methyl/N-ethyl adjacent to an activating group) is 2. The lowest BCUT2D eigenvalue weighted by atomic mass is 10.1. The Hall–Kier alpha value is -1.40. The molecule has 1 rings (SSSR count). The third-order valence-corrected chi connectivity index (χ3v) is 5.46. The minimum absolute atomic E-state index is 0.138. The summed E-state index contributed by atoms with van der Waals surface area (Å²) in [5.74, 6) is -0.182. The fourth-order valence-electron chi connectivity index (χ4n) is 2.25. The van der Waals surface area contributed by atoms with Crippen molar-refractivity contribution in [3.05, 3.63) is 29.8 Å². The van der Waals surface area contributed by atoms with E-state index in [0.717, 1.165) is 22.7 Å². The average Bonchev–Trinajstić information content (AvgIpc) is 2.49. The summed E-state index contributed by atoms with van der Waals surface area (Å²) < 4.78 is 26.1. The van der Waals surface area contributed by atoms with Gasteiger partial charge in [0.05, 0.1) is 11.4 Å². The second-order valence-corrected chi connectivity index (χ2v) is 7.27. The molecule has 5 nitrogen and oxygen atoms in total. The van der Waals surface area contributed by atoms with E-state index in [4.69, 9.17) is 0 Å². The summed E-state index contributed by atoms with van der Waals surface area (Å²) in [7, 11) is -2.19. The summed E-state index contributed by atoms with van der Waals surface area (Å²) in [5.41, 5.74) is 1.11. The van der Waals surface area contributed by atoms with Crippen molar-refractivity contribution in [1.29, 1.82) is 0 Å². The molecule has 6 heteroatoms. The van der Waals surface area contributed by atoms with Crippen LogP contribution in [-0.2, 0) is 21.2 Å².